The van der Waals surface area contributed by atoms with Crippen molar-refractivity contribution < 1.29 is 33.4 Å². The predicted octanol–water partition coefficient (Wildman–Crippen LogP) is 1.65. The van der Waals surface area contributed by atoms with Crippen molar-refractivity contribution in [3.63, 3.8) is 0 Å². The minimum atomic E-state index is -1.06. The highest BCUT2D eigenvalue weighted by molar-refractivity contribution is 5.97. The lowest BCUT2D eigenvalue weighted by Gasteiger charge is -2.16. The van der Waals surface area contributed by atoms with Gasteiger partial charge in [-0.15, -0.1) is 0 Å². The molecule has 0 radical (unpaired) electrons. The largest absolute Gasteiger partial charge is 0.481 e. The Morgan fingerprint density at radius 1 is 0.926 bits per heavy atom. The van der Waals surface area contributed by atoms with Gasteiger partial charge in [-0.2, -0.15) is 0 Å². The fourth-order valence-electron chi connectivity index (χ4n) is 2.01. The van der Waals surface area contributed by atoms with Crippen molar-refractivity contribution in [2.45, 2.75) is 33.8 Å². The number of rotatable bonds is 8. The van der Waals surface area contributed by atoms with E-state index in [0.29, 0.717) is 6.54 Å². The number of amides is 3. The van der Waals surface area contributed by atoms with Gasteiger partial charge in [0.2, 0.25) is 0 Å². The molecular formula is C18H24N2O7. The van der Waals surface area contributed by atoms with Crippen molar-refractivity contribution in [2.24, 2.45) is 0 Å². The third-order valence-corrected chi connectivity index (χ3v) is 3.18. The zero-order valence-corrected chi connectivity index (χ0v) is 15.8. The minimum Gasteiger partial charge on any atom is -0.481 e. The number of imide groups is 1. The van der Waals surface area contributed by atoms with Crippen LogP contribution in [0.5, 0.6) is 5.75 Å². The summed E-state index contributed by atoms with van der Waals surface area (Å²) in [5.74, 6) is -1.89. The molecule has 9 heteroatoms. The smallest absolute Gasteiger partial charge is 0.338 e. The number of hydrogen-bond donors (Lipinski definition) is 2. The molecule has 0 aliphatic carbocycles. The highest BCUT2D eigenvalue weighted by Gasteiger charge is 2.20. The Bertz CT molecular complexity index is 667. The Kier molecular flexibility index (Phi) is 8.77. The molecule has 0 unspecified atom stereocenters. The summed E-state index contributed by atoms with van der Waals surface area (Å²) < 4.78 is 15.3. The second-order valence-corrected chi connectivity index (χ2v) is 5.30. The zero-order chi connectivity index (χ0) is 20.4. The van der Waals surface area contributed by atoms with E-state index in [2.05, 4.69) is 10.6 Å². The molecule has 0 aromatic heterocycles. The quantitative estimate of drug-likeness (QED) is 0.658. The Morgan fingerprint density at radius 2 is 1.44 bits per heavy atom. The molecule has 1 atom stereocenters. The number of carbonyl (C=O) groups excluding carboxylic acids is 4. The SMILES string of the molecule is CCNC(=O)NC(=O)[C@@H](C)Oc1cc(C(=O)OCC)cc(C(=O)OCC)c1. The molecule has 1 aromatic carbocycles. The lowest BCUT2D eigenvalue weighted by Crippen LogP contribution is -2.45. The Balaban J connectivity index is 3.03. The molecule has 0 aliphatic rings. The summed E-state index contributed by atoms with van der Waals surface area (Å²) in [6, 6.07) is 3.36. The summed E-state index contributed by atoms with van der Waals surface area (Å²) in [7, 11) is 0. The number of esters is 2. The molecule has 0 spiro atoms. The van der Waals surface area contributed by atoms with Crippen molar-refractivity contribution in [3.8, 4) is 5.75 Å². The maximum atomic E-state index is 12.0. The highest BCUT2D eigenvalue weighted by Crippen LogP contribution is 2.20. The van der Waals surface area contributed by atoms with Gasteiger partial charge in [0.05, 0.1) is 24.3 Å². The van der Waals surface area contributed by atoms with Gasteiger partial charge in [-0.1, -0.05) is 0 Å². The van der Waals surface area contributed by atoms with E-state index in [-0.39, 0.29) is 30.1 Å². The van der Waals surface area contributed by atoms with Crippen LogP contribution in [0.1, 0.15) is 48.4 Å². The van der Waals surface area contributed by atoms with Crippen molar-refractivity contribution in [1.82, 2.24) is 10.6 Å². The minimum absolute atomic E-state index is 0.0775. The van der Waals surface area contributed by atoms with Crippen LogP contribution in [0, 0.1) is 0 Å². The molecule has 0 saturated heterocycles. The third-order valence-electron chi connectivity index (χ3n) is 3.18. The molecule has 1 rings (SSSR count). The molecule has 2 N–H and O–H groups in total. The van der Waals surface area contributed by atoms with Gasteiger partial charge in [-0.25, -0.2) is 14.4 Å². The van der Waals surface area contributed by atoms with Gasteiger partial charge in [0.15, 0.2) is 6.10 Å². The first-order valence-electron chi connectivity index (χ1n) is 8.56. The van der Waals surface area contributed by atoms with Crippen LogP contribution in [0.4, 0.5) is 4.79 Å². The van der Waals surface area contributed by atoms with E-state index in [1.807, 2.05) is 0 Å². The van der Waals surface area contributed by atoms with Crippen LogP contribution in [-0.4, -0.2) is 49.7 Å². The van der Waals surface area contributed by atoms with Crippen LogP contribution in [0.25, 0.3) is 0 Å². The van der Waals surface area contributed by atoms with Crippen molar-refractivity contribution in [3.05, 3.63) is 29.3 Å². The molecule has 0 heterocycles. The Morgan fingerprint density at radius 3 is 1.89 bits per heavy atom. The molecule has 0 aliphatic heterocycles. The fourth-order valence-corrected chi connectivity index (χ4v) is 2.01. The Labute approximate surface area is 157 Å². The summed E-state index contributed by atoms with van der Waals surface area (Å²) >= 11 is 0. The molecule has 9 nitrogen and oxygen atoms in total. The van der Waals surface area contributed by atoms with Crippen LogP contribution in [0.15, 0.2) is 18.2 Å². The standard InChI is InChI=1S/C18H24N2O7/c1-5-19-18(24)20-15(21)11(4)27-14-9-12(16(22)25-6-2)8-13(10-14)17(23)26-7-3/h8-11H,5-7H2,1-4H3,(H2,19,20,21,24)/t11-/m1/s1. The maximum absolute atomic E-state index is 12.0. The number of hydrogen-bond acceptors (Lipinski definition) is 7. The predicted molar refractivity (Wildman–Crippen MR) is 95.7 cm³/mol. The van der Waals surface area contributed by atoms with Gasteiger partial charge in [0, 0.05) is 6.54 Å². The van der Waals surface area contributed by atoms with Crippen molar-refractivity contribution in [2.75, 3.05) is 19.8 Å². The van der Waals surface area contributed by atoms with Crippen LogP contribution >= 0.6 is 0 Å². The first kappa shape index (κ1) is 21.9. The van der Waals surface area contributed by atoms with Gasteiger partial charge in [-0.05, 0) is 45.9 Å². The van der Waals surface area contributed by atoms with E-state index in [4.69, 9.17) is 14.2 Å². The summed E-state index contributed by atoms with van der Waals surface area (Å²) in [6.07, 6.45) is -1.06. The van der Waals surface area contributed by atoms with Gasteiger partial charge in [0.1, 0.15) is 5.75 Å². The molecule has 27 heavy (non-hydrogen) atoms. The van der Waals surface area contributed by atoms with Gasteiger partial charge >= 0.3 is 18.0 Å². The van der Waals surface area contributed by atoms with E-state index in [0.717, 1.165) is 0 Å². The van der Waals surface area contributed by atoms with Crippen LogP contribution in [0.2, 0.25) is 0 Å². The Hall–Kier alpha value is -3.10. The van der Waals surface area contributed by atoms with E-state index < -0.39 is 30.0 Å². The molecule has 148 valence electrons. The summed E-state index contributed by atoms with van der Waals surface area (Å²) in [5.41, 5.74) is 0.155. The zero-order valence-electron chi connectivity index (χ0n) is 15.8. The first-order valence-corrected chi connectivity index (χ1v) is 8.56. The van der Waals surface area contributed by atoms with E-state index in [9.17, 15) is 19.2 Å². The van der Waals surface area contributed by atoms with Gasteiger partial charge < -0.3 is 19.5 Å². The molecule has 3 amide bonds. The number of urea groups is 1. The highest BCUT2D eigenvalue weighted by atomic mass is 16.5. The number of carbonyl (C=O) groups is 4. The summed E-state index contributed by atoms with van der Waals surface area (Å²) in [5, 5.41) is 4.54. The van der Waals surface area contributed by atoms with Crippen molar-refractivity contribution in [1.29, 1.82) is 0 Å². The van der Waals surface area contributed by atoms with E-state index >= 15 is 0 Å². The van der Waals surface area contributed by atoms with E-state index in [1.54, 1.807) is 20.8 Å². The van der Waals surface area contributed by atoms with Gasteiger partial charge in [0.25, 0.3) is 5.91 Å². The molecule has 0 saturated carbocycles. The van der Waals surface area contributed by atoms with E-state index in [1.165, 1.54) is 25.1 Å². The molecule has 0 fully saturated rings. The summed E-state index contributed by atoms with van der Waals surface area (Å²) in [6.45, 7) is 7.11. The van der Waals surface area contributed by atoms with Crippen LogP contribution in [-0.2, 0) is 14.3 Å². The normalized spacial score (nSPS) is 11.1. The monoisotopic (exact) mass is 380 g/mol. The van der Waals surface area contributed by atoms with Crippen LogP contribution < -0.4 is 15.4 Å². The third kappa shape index (κ3) is 6.96. The maximum Gasteiger partial charge on any atom is 0.338 e. The first-order chi connectivity index (χ1) is 12.8. The molecule has 1 aromatic rings. The summed E-state index contributed by atoms with van der Waals surface area (Å²) in [4.78, 5) is 47.4. The van der Waals surface area contributed by atoms with Crippen LogP contribution in [0.3, 0.4) is 0 Å². The second-order valence-electron chi connectivity index (χ2n) is 5.30. The lowest BCUT2D eigenvalue weighted by molar-refractivity contribution is -0.126. The average molecular weight is 380 g/mol. The van der Waals surface area contributed by atoms with Gasteiger partial charge in [-0.3, -0.25) is 10.1 Å². The fraction of sp³-hybridized carbons (Fsp3) is 0.444. The lowest BCUT2D eigenvalue weighted by atomic mass is 10.1. The molecule has 0 bridgehead atoms. The topological polar surface area (TPSA) is 120 Å². The average Bonchev–Trinajstić information content (AvgIpc) is 2.61. The number of benzene rings is 1. The van der Waals surface area contributed by atoms with Crippen molar-refractivity contribution >= 4 is 23.9 Å². The number of ether oxygens (including phenoxy) is 3. The molecular weight excluding hydrogens is 356 g/mol. The number of nitrogens with one attached hydrogen (secondary N) is 2. The second kappa shape index (κ2) is 10.8.